The second kappa shape index (κ2) is 5.39. The Morgan fingerprint density at radius 3 is 2.78 bits per heavy atom. The van der Waals surface area contributed by atoms with E-state index in [-0.39, 0.29) is 0 Å². The van der Waals surface area contributed by atoms with Crippen LogP contribution in [-0.2, 0) is 6.42 Å². The van der Waals surface area contributed by atoms with Gasteiger partial charge in [0.25, 0.3) is 0 Å². The highest BCUT2D eigenvalue weighted by Gasteiger charge is 2.11. The van der Waals surface area contributed by atoms with Gasteiger partial charge in [0.1, 0.15) is 11.3 Å². The fourth-order valence-corrected chi connectivity index (χ4v) is 2.01. The number of aryl methyl sites for hydroxylation is 1. The van der Waals surface area contributed by atoms with Crippen LogP contribution in [0.2, 0.25) is 0 Å². The molecule has 0 amide bonds. The number of rotatable bonds is 5. The summed E-state index contributed by atoms with van der Waals surface area (Å²) in [6, 6.07) is 0. The van der Waals surface area contributed by atoms with Gasteiger partial charge in [-0.05, 0) is 19.6 Å². The summed E-state index contributed by atoms with van der Waals surface area (Å²) in [5, 5.41) is 3.80. The first-order valence-electron chi connectivity index (χ1n) is 5.76. The van der Waals surface area contributed by atoms with E-state index in [0.29, 0.717) is 0 Å². The summed E-state index contributed by atoms with van der Waals surface area (Å²) in [5.74, 6) is 1.72. The Morgan fingerprint density at radius 1 is 1.39 bits per heavy atom. The van der Waals surface area contributed by atoms with Crippen LogP contribution in [0.1, 0.15) is 19.2 Å². The van der Waals surface area contributed by atoms with E-state index in [0.717, 1.165) is 46.4 Å². The predicted octanol–water partition coefficient (Wildman–Crippen LogP) is 2.63. The maximum atomic E-state index is 4.50. The first-order chi connectivity index (χ1) is 8.63. The minimum Gasteiger partial charge on any atom is -0.371 e. The highest BCUT2D eigenvalue weighted by molar-refractivity contribution is 7.98. The van der Waals surface area contributed by atoms with Crippen LogP contribution in [0.25, 0.3) is 11.2 Å². The Hall–Kier alpha value is -1.56. The average Bonchev–Trinajstić information content (AvgIpc) is 2.77. The summed E-state index contributed by atoms with van der Waals surface area (Å²) >= 11 is 1.51. The van der Waals surface area contributed by atoms with E-state index in [1.807, 2.05) is 20.2 Å². The van der Waals surface area contributed by atoms with Gasteiger partial charge < -0.3 is 10.3 Å². The summed E-state index contributed by atoms with van der Waals surface area (Å²) in [4.78, 5) is 16.6. The number of allylic oxidation sites excluding steroid dienone is 1. The molecule has 0 aliphatic carbocycles. The molecule has 0 spiro atoms. The van der Waals surface area contributed by atoms with Gasteiger partial charge in [-0.2, -0.15) is 0 Å². The van der Waals surface area contributed by atoms with Crippen molar-refractivity contribution in [2.75, 3.05) is 18.6 Å². The van der Waals surface area contributed by atoms with E-state index in [2.05, 4.69) is 31.8 Å². The number of hydrogen-bond donors (Lipinski definition) is 2. The lowest BCUT2D eigenvalue weighted by Gasteiger charge is -2.01. The molecule has 5 nitrogen and oxygen atoms in total. The van der Waals surface area contributed by atoms with Gasteiger partial charge in [-0.15, -0.1) is 6.58 Å². The Labute approximate surface area is 111 Å². The van der Waals surface area contributed by atoms with Gasteiger partial charge in [0.2, 0.25) is 0 Å². The van der Waals surface area contributed by atoms with Crippen molar-refractivity contribution in [2.45, 2.75) is 24.9 Å². The Morgan fingerprint density at radius 2 is 2.17 bits per heavy atom. The summed E-state index contributed by atoms with van der Waals surface area (Å²) in [6.07, 6.45) is 3.73. The van der Waals surface area contributed by atoms with Crippen LogP contribution in [0.5, 0.6) is 0 Å². The molecule has 0 aliphatic rings. The van der Waals surface area contributed by atoms with Crippen molar-refractivity contribution in [1.82, 2.24) is 19.9 Å². The second-order valence-corrected chi connectivity index (χ2v) is 4.92. The zero-order valence-electron chi connectivity index (χ0n) is 10.9. The zero-order valence-corrected chi connectivity index (χ0v) is 11.7. The van der Waals surface area contributed by atoms with Gasteiger partial charge in [0.15, 0.2) is 16.6 Å². The molecule has 2 heterocycles. The molecular weight excluding hydrogens is 246 g/mol. The number of fused-ring (bicyclic) bond motifs is 1. The number of aromatic amines is 1. The summed E-state index contributed by atoms with van der Waals surface area (Å²) < 4.78 is 0. The second-order valence-electron chi connectivity index (χ2n) is 4.15. The van der Waals surface area contributed by atoms with Crippen molar-refractivity contribution in [2.24, 2.45) is 0 Å². The SMILES string of the molecule is C=C(C)CCc1nc2nc(SC)nc(NC)c2[nH]1. The monoisotopic (exact) mass is 263 g/mol. The van der Waals surface area contributed by atoms with Crippen LogP contribution in [0, 0.1) is 0 Å². The number of imidazole rings is 1. The zero-order chi connectivity index (χ0) is 13.1. The molecule has 2 N–H and O–H groups in total. The Kier molecular flexibility index (Phi) is 3.86. The lowest BCUT2D eigenvalue weighted by molar-refractivity contribution is 0.879. The van der Waals surface area contributed by atoms with Crippen LogP contribution in [-0.4, -0.2) is 33.2 Å². The smallest absolute Gasteiger partial charge is 0.191 e. The first kappa shape index (κ1) is 12.9. The molecule has 0 bridgehead atoms. The molecule has 0 atom stereocenters. The molecule has 2 aromatic heterocycles. The van der Waals surface area contributed by atoms with Gasteiger partial charge in [0, 0.05) is 13.5 Å². The molecule has 0 saturated carbocycles. The fraction of sp³-hybridized carbons (Fsp3) is 0.417. The van der Waals surface area contributed by atoms with E-state index in [9.17, 15) is 0 Å². The number of anilines is 1. The van der Waals surface area contributed by atoms with Gasteiger partial charge in [-0.25, -0.2) is 15.0 Å². The highest BCUT2D eigenvalue weighted by Crippen LogP contribution is 2.21. The quantitative estimate of drug-likeness (QED) is 0.493. The van der Waals surface area contributed by atoms with Crippen molar-refractivity contribution in [3.8, 4) is 0 Å². The van der Waals surface area contributed by atoms with E-state index in [4.69, 9.17) is 0 Å². The van der Waals surface area contributed by atoms with Crippen molar-refractivity contribution in [3.05, 3.63) is 18.0 Å². The summed E-state index contributed by atoms with van der Waals surface area (Å²) in [7, 11) is 1.85. The summed E-state index contributed by atoms with van der Waals surface area (Å²) in [6.45, 7) is 5.92. The molecular formula is C12H17N5S. The molecule has 96 valence electrons. The van der Waals surface area contributed by atoms with Crippen LogP contribution < -0.4 is 5.32 Å². The topological polar surface area (TPSA) is 66.5 Å². The van der Waals surface area contributed by atoms with Crippen molar-refractivity contribution < 1.29 is 0 Å². The average molecular weight is 263 g/mol. The lowest BCUT2D eigenvalue weighted by Crippen LogP contribution is -1.97. The first-order valence-corrected chi connectivity index (χ1v) is 6.99. The lowest BCUT2D eigenvalue weighted by atomic mass is 10.2. The predicted molar refractivity (Wildman–Crippen MR) is 76.1 cm³/mol. The number of hydrogen-bond acceptors (Lipinski definition) is 5. The maximum Gasteiger partial charge on any atom is 0.191 e. The van der Waals surface area contributed by atoms with Crippen molar-refractivity contribution in [3.63, 3.8) is 0 Å². The third-order valence-electron chi connectivity index (χ3n) is 2.59. The molecule has 0 aliphatic heterocycles. The molecule has 0 aromatic carbocycles. The van der Waals surface area contributed by atoms with Crippen LogP contribution in [0.3, 0.4) is 0 Å². The van der Waals surface area contributed by atoms with Crippen LogP contribution >= 0.6 is 11.8 Å². The normalized spacial score (nSPS) is 10.8. The molecule has 0 fully saturated rings. The van der Waals surface area contributed by atoms with Crippen LogP contribution in [0.4, 0.5) is 5.82 Å². The number of nitrogens with zero attached hydrogens (tertiary/aromatic N) is 3. The van der Waals surface area contributed by atoms with Gasteiger partial charge in [-0.1, -0.05) is 17.3 Å². The number of nitrogens with one attached hydrogen (secondary N) is 2. The van der Waals surface area contributed by atoms with Crippen molar-refractivity contribution in [1.29, 1.82) is 0 Å². The van der Waals surface area contributed by atoms with Crippen LogP contribution in [0.15, 0.2) is 17.3 Å². The van der Waals surface area contributed by atoms with Crippen molar-refractivity contribution >= 4 is 28.7 Å². The fourth-order valence-electron chi connectivity index (χ4n) is 1.65. The number of H-pyrrole nitrogens is 1. The minimum atomic E-state index is 0.718. The van der Waals surface area contributed by atoms with Gasteiger partial charge in [0.05, 0.1) is 0 Å². The number of thioether (sulfide) groups is 1. The van der Waals surface area contributed by atoms with Gasteiger partial charge >= 0.3 is 0 Å². The molecule has 6 heteroatoms. The third-order valence-corrected chi connectivity index (χ3v) is 3.14. The third kappa shape index (κ3) is 2.64. The van der Waals surface area contributed by atoms with E-state index in [1.54, 1.807) is 0 Å². The highest BCUT2D eigenvalue weighted by atomic mass is 32.2. The minimum absolute atomic E-state index is 0.718. The Bertz CT molecular complexity index is 575. The van der Waals surface area contributed by atoms with Gasteiger partial charge in [-0.3, -0.25) is 0 Å². The molecule has 0 radical (unpaired) electrons. The Balaban J connectivity index is 2.39. The molecule has 0 saturated heterocycles. The molecule has 18 heavy (non-hydrogen) atoms. The molecule has 0 unspecified atom stereocenters. The maximum absolute atomic E-state index is 4.50. The molecule has 2 rings (SSSR count). The molecule has 2 aromatic rings. The van der Waals surface area contributed by atoms with E-state index in [1.165, 1.54) is 11.8 Å². The van der Waals surface area contributed by atoms with E-state index >= 15 is 0 Å². The largest absolute Gasteiger partial charge is 0.371 e. The van der Waals surface area contributed by atoms with E-state index < -0.39 is 0 Å². The standard InChI is InChI=1S/C12H17N5S/c1-7(2)5-6-8-14-9-10(13-3)16-12(18-4)17-11(9)15-8/h1,5-6H2,2-4H3,(H2,13,14,15,16,17). The summed E-state index contributed by atoms with van der Waals surface area (Å²) in [5.41, 5.74) is 2.74. The number of aromatic nitrogens is 4.